The third kappa shape index (κ3) is 2.55. The van der Waals surface area contributed by atoms with E-state index in [2.05, 4.69) is 12.2 Å². The van der Waals surface area contributed by atoms with E-state index >= 15 is 0 Å². The van der Waals surface area contributed by atoms with Crippen molar-refractivity contribution in [2.75, 3.05) is 11.9 Å². The number of fused-ring (bicyclic) bond motifs is 5. The Bertz CT molecular complexity index is 823. The van der Waals surface area contributed by atoms with Crippen LogP contribution in [0.15, 0.2) is 36.4 Å². The number of rotatable bonds is 3. The molecule has 1 saturated heterocycles. The number of benzene rings is 1. The van der Waals surface area contributed by atoms with Gasteiger partial charge >= 0.3 is 0 Å². The minimum Gasteiger partial charge on any atom is -0.339 e. The van der Waals surface area contributed by atoms with Crippen molar-refractivity contribution >= 4 is 23.4 Å². The molecule has 3 amide bonds. The van der Waals surface area contributed by atoms with Crippen LogP contribution in [0.3, 0.4) is 0 Å². The normalized spacial score (nSPS) is 31.5. The molecule has 1 aromatic carbocycles. The fourth-order valence-corrected chi connectivity index (χ4v) is 5.75. The molecule has 3 fully saturated rings. The molecule has 4 atom stereocenters. The highest BCUT2D eigenvalue weighted by atomic mass is 16.2. The van der Waals surface area contributed by atoms with Gasteiger partial charge < -0.3 is 4.90 Å². The summed E-state index contributed by atoms with van der Waals surface area (Å²) in [5.41, 5.74) is 1.19. The molecule has 1 heterocycles. The average molecular weight is 378 g/mol. The number of hydrogen-bond acceptors (Lipinski definition) is 3. The summed E-state index contributed by atoms with van der Waals surface area (Å²) in [5.74, 6) is -0.113. The molecule has 146 valence electrons. The zero-order valence-corrected chi connectivity index (χ0v) is 16.2. The fourth-order valence-electron chi connectivity index (χ4n) is 5.75. The Labute approximate surface area is 165 Å². The molecule has 1 aromatic rings. The van der Waals surface area contributed by atoms with Gasteiger partial charge in [-0.3, -0.25) is 19.3 Å². The monoisotopic (exact) mass is 378 g/mol. The van der Waals surface area contributed by atoms with Crippen LogP contribution in [0.2, 0.25) is 0 Å². The van der Waals surface area contributed by atoms with Gasteiger partial charge in [-0.25, -0.2) is 0 Å². The number of nitrogens with zero attached hydrogens (tertiary/aromatic N) is 2. The molecule has 5 heteroatoms. The molecule has 28 heavy (non-hydrogen) atoms. The van der Waals surface area contributed by atoms with Crippen LogP contribution in [0, 0.1) is 23.7 Å². The third-order valence-corrected chi connectivity index (χ3v) is 7.29. The average Bonchev–Trinajstić information content (AvgIpc) is 3.41. The van der Waals surface area contributed by atoms with E-state index in [-0.39, 0.29) is 41.4 Å². The molecule has 5 rings (SSSR count). The summed E-state index contributed by atoms with van der Waals surface area (Å²) in [6.45, 7) is 0. The summed E-state index contributed by atoms with van der Waals surface area (Å²) in [6, 6.07) is 7.30. The van der Waals surface area contributed by atoms with E-state index in [4.69, 9.17) is 0 Å². The Hall–Kier alpha value is -2.43. The van der Waals surface area contributed by atoms with Gasteiger partial charge in [0.25, 0.3) is 5.91 Å². The minimum absolute atomic E-state index is 0.0108. The van der Waals surface area contributed by atoms with Crippen LogP contribution in [0.25, 0.3) is 0 Å². The summed E-state index contributed by atoms with van der Waals surface area (Å²) < 4.78 is 0. The minimum atomic E-state index is -0.193. The van der Waals surface area contributed by atoms with Gasteiger partial charge in [0.2, 0.25) is 11.8 Å². The highest BCUT2D eigenvalue weighted by molar-refractivity contribution is 6.22. The lowest BCUT2D eigenvalue weighted by atomic mass is 9.85. The first kappa shape index (κ1) is 17.7. The van der Waals surface area contributed by atoms with Crippen molar-refractivity contribution in [3.63, 3.8) is 0 Å². The molecule has 5 nitrogen and oxygen atoms in total. The predicted molar refractivity (Wildman–Crippen MR) is 106 cm³/mol. The van der Waals surface area contributed by atoms with Crippen LogP contribution in [0.5, 0.6) is 0 Å². The smallest absolute Gasteiger partial charge is 0.253 e. The van der Waals surface area contributed by atoms with Crippen molar-refractivity contribution in [1.29, 1.82) is 0 Å². The van der Waals surface area contributed by atoms with E-state index < -0.39 is 0 Å². The second kappa shape index (κ2) is 6.57. The van der Waals surface area contributed by atoms with Crippen molar-refractivity contribution in [3.05, 3.63) is 42.0 Å². The molecular formula is C23H26N2O3. The Balaban J connectivity index is 1.34. The summed E-state index contributed by atoms with van der Waals surface area (Å²) in [6.07, 6.45) is 10.9. The van der Waals surface area contributed by atoms with E-state index in [0.717, 1.165) is 19.3 Å². The van der Waals surface area contributed by atoms with E-state index in [1.807, 2.05) is 11.9 Å². The van der Waals surface area contributed by atoms with Crippen molar-refractivity contribution in [2.24, 2.45) is 23.7 Å². The maximum absolute atomic E-state index is 12.9. The Morgan fingerprint density at radius 3 is 2.07 bits per heavy atom. The van der Waals surface area contributed by atoms with Gasteiger partial charge in [-0.2, -0.15) is 0 Å². The molecule has 3 aliphatic carbocycles. The largest absolute Gasteiger partial charge is 0.339 e. The lowest BCUT2D eigenvalue weighted by Crippen LogP contribution is -2.38. The first-order valence-corrected chi connectivity index (χ1v) is 10.5. The Morgan fingerprint density at radius 2 is 1.50 bits per heavy atom. The second-order valence-electron chi connectivity index (χ2n) is 8.77. The molecule has 4 aliphatic rings. The summed E-state index contributed by atoms with van der Waals surface area (Å²) in [5, 5.41) is 0. The molecular weight excluding hydrogens is 352 g/mol. The summed E-state index contributed by atoms with van der Waals surface area (Å²) in [7, 11) is 1.88. The highest BCUT2D eigenvalue weighted by Gasteiger charge is 2.59. The van der Waals surface area contributed by atoms with Crippen molar-refractivity contribution < 1.29 is 14.4 Å². The van der Waals surface area contributed by atoms with E-state index in [9.17, 15) is 14.4 Å². The van der Waals surface area contributed by atoms with Crippen LogP contribution >= 0.6 is 0 Å². The molecule has 2 saturated carbocycles. The summed E-state index contributed by atoms with van der Waals surface area (Å²) >= 11 is 0. The van der Waals surface area contributed by atoms with Crippen molar-refractivity contribution in [3.8, 4) is 0 Å². The van der Waals surface area contributed by atoms with Crippen LogP contribution in [-0.4, -0.2) is 35.7 Å². The number of hydrogen-bond donors (Lipinski definition) is 0. The first-order chi connectivity index (χ1) is 13.6. The van der Waals surface area contributed by atoms with Gasteiger partial charge in [0, 0.05) is 18.7 Å². The molecule has 1 aliphatic heterocycles. The molecule has 0 N–H and O–H groups in total. The van der Waals surface area contributed by atoms with E-state index in [1.165, 1.54) is 24.2 Å². The zero-order valence-electron chi connectivity index (χ0n) is 16.2. The number of carbonyl (C=O) groups excluding carboxylic acids is 3. The third-order valence-electron chi connectivity index (χ3n) is 7.29. The lowest BCUT2D eigenvalue weighted by Gasteiger charge is -2.31. The van der Waals surface area contributed by atoms with E-state index in [1.54, 1.807) is 24.3 Å². The molecule has 0 unspecified atom stereocenters. The quantitative estimate of drug-likeness (QED) is 0.598. The highest BCUT2D eigenvalue weighted by Crippen LogP contribution is 2.53. The number of amides is 3. The van der Waals surface area contributed by atoms with Crippen molar-refractivity contribution in [1.82, 2.24) is 4.90 Å². The Kier molecular flexibility index (Phi) is 4.14. The maximum atomic E-state index is 12.9. The number of imide groups is 1. The molecule has 2 bridgehead atoms. The van der Waals surface area contributed by atoms with Gasteiger partial charge in [-0.15, -0.1) is 0 Å². The standard InChI is InChI=1S/C23H26N2O3/c1-24(17-5-3-2-4-6-17)21(26)14-9-11-18(12-10-14)25-22(27)19-15-7-8-16(13-15)20(19)23(25)28/h7-12,15-17,19-20H,2-6,13H2,1H3/t15-,16-,19-,20+/m1/s1. The Morgan fingerprint density at radius 1 is 0.929 bits per heavy atom. The molecule has 0 aromatic heterocycles. The van der Waals surface area contributed by atoms with Crippen molar-refractivity contribution in [2.45, 2.75) is 44.6 Å². The number of allylic oxidation sites excluding steroid dienone is 2. The lowest BCUT2D eigenvalue weighted by molar-refractivity contribution is -0.123. The fraction of sp³-hybridized carbons (Fsp3) is 0.522. The van der Waals surface area contributed by atoms with Gasteiger partial charge in [0.1, 0.15) is 0 Å². The SMILES string of the molecule is CN(C(=O)c1ccc(N2C(=O)[C@@H]3[C@H](C2=O)[C@@H]2C=C[C@@H]3C2)cc1)C1CCCCC1. The number of carbonyl (C=O) groups is 3. The molecule has 0 radical (unpaired) electrons. The zero-order chi connectivity index (χ0) is 19.4. The van der Waals surface area contributed by atoms with Crippen LogP contribution in [0.1, 0.15) is 48.9 Å². The molecule has 0 spiro atoms. The predicted octanol–water partition coefficient (Wildman–Crippen LogP) is 3.40. The maximum Gasteiger partial charge on any atom is 0.253 e. The second-order valence-corrected chi connectivity index (χ2v) is 8.77. The summed E-state index contributed by atoms with van der Waals surface area (Å²) in [4.78, 5) is 41.9. The van der Waals surface area contributed by atoms with Crippen LogP contribution < -0.4 is 4.90 Å². The number of anilines is 1. The van der Waals surface area contributed by atoms with Gasteiger partial charge in [0.15, 0.2) is 0 Å². The van der Waals surface area contributed by atoms with Gasteiger partial charge in [-0.05, 0) is 55.4 Å². The van der Waals surface area contributed by atoms with Crippen LogP contribution in [-0.2, 0) is 9.59 Å². The first-order valence-electron chi connectivity index (χ1n) is 10.5. The van der Waals surface area contributed by atoms with Crippen LogP contribution in [0.4, 0.5) is 5.69 Å². The topological polar surface area (TPSA) is 57.7 Å². The van der Waals surface area contributed by atoms with Gasteiger partial charge in [-0.1, -0.05) is 31.4 Å². The van der Waals surface area contributed by atoms with Gasteiger partial charge in [0.05, 0.1) is 17.5 Å². The van der Waals surface area contributed by atoms with E-state index in [0.29, 0.717) is 17.3 Å².